The van der Waals surface area contributed by atoms with Gasteiger partial charge < -0.3 is 15.3 Å². The Hall–Kier alpha value is -1.52. The summed E-state index contributed by atoms with van der Waals surface area (Å²) in [7, 11) is 0. The minimum atomic E-state index is -0.891. The van der Waals surface area contributed by atoms with Gasteiger partial charge in [0.25, 0.3) is 0 Å². The second kappa shape index (κ2) is 7.73. The Morgan fingerprint density at radius 1 is 1.56 bits per heavy atom. The van der Waals surface area contributed by atoms with Crippen LogP contribution in [0.1, 0.15) is 20.3 Å². The molecule has 0 saturated heterocycles. The molecule has 0 saturated carbocycles. The topological polar surface area (TPSA) is 69.6 Å². The molecule has 1 unspecified atom stereocenters. The van der Waals surface area contributed by atoms with E-state index in [1.54, 1.807) is 13.0 Å². The summed E-state index contributed by atoms with van der Waals surface area (Å²) in [6.45, 7) is 8.21. The molecule has 0 aromatic carbocycles. The van der Waals surface area contributed by atoms with Crippen molar-refractivity contribution >= 4 is 12.0 Å². The van der Waals surface area contributed by atoms with Crippen molar-refractivity contribution < 1.29 is 14.7 Å². The van der Waals surface area contributed by atoms with Crippen LogP contribution < -0.4 is 5.32 Å². The van der Waals surface area contributed by atoms with Crippen LogP contribution in [-0.2, 0) is 4.79 Å². The molecule has 5 nitrogen and oxygen atoms in total. The average molecular weight is 228 g/mol. The van der Waals surface area contributed by atoms with Crippen molar-refractivity contribution in [2.24, 2.45) is 5.92 Å². The Morgan fingerprint density at radius 3 is 2.62 bits per heavy atom. The first kappa shape index (κ1) is 14.5. The van der Waals surface area contributed by atoms with E-state index in [9.17, 15) is 9.59 Å². The molecule has 16 heavy (non-hydrogen) atoms. The molecular formula is C11H20N2O3. The van der Waals surface area contributed by atoms with Crippen LogP contribution in [-0.4, -0.2) is 41.6 Å². The number of nitrogens with one attached hydrogen (secondary N) is 1. The van der Waals surface area contributed by atoms with Gasteiger partial charge in [0, 0.05) is 19.6 Å². The molecule has 92 valence electrons. The van der Waals surface area contributed by atoms with Crippen LogP contribution in [0.4, 0.5) is 4.79 Å². The molecule has 0 aliphatic rings. The molecule has 0 bridgehead atoms. The Bertz CT molecular complexity index is 254. The van der Waals surface area contributed by atoms with E-state index < -0.39 is 11.9 Å². The second-order valence-electron chi connectivity index (χ2n) is 3.59. The lowest BCUT2D eigenvalue weighted by molar-refractivity contribution is -0.141. The number of carbonyl (C=O) groups is 2. The molecule has 2 N–H and O–H groups in total. The van der Waals surface area contributed by atoms with Gasteiger partial charge in [-0.1, -0.05) is 13.0 Å². The predicted molar refractivity (Wildman–Crippen MR) is 62.3 cm³/mol. The molecule has 0 radical (unpaired) electrons. The number of nitrogens with zero attached hydrogens (tertiary/aromatic N) is 1. The highest BCUT2D eigenvalue weighted by molar-refractivity contribution is 5.75. The zero-order valence-corrected chi connectivity index (χ0v) is 9.90. The van der Waals surface area contributed by atoms with E-state index in [4.69, 9.17) is 5.11 Å². The fourth-order valence-corrected chi connectivity index (χ4v) is 1.16. The van der Waals surface area contributed by atoms with Gasteiger partial charge in [0.15, 0.2) is 0 Å². The van der Waals surface area contributed by atoms with E-state index in [0.717, 1.165) is 0 Å². The number of carboxylic acids is 1. The molecule has 0 heterocycles. The third-order valence-electron chi connectivity index (χ3n) is 2.21. The first-order chi connectivity index (χ1) is 7.52. The molecule has 2 amide bonds. The van der Waals surface area contributed by atoms with E-state index in [-0.39, 0.29) is 12.6 Å². The van der Waals surface area contributed by atoms with E-state index in [2.05, 4.69) is 11.9 Å². The van der Waals surface area contributed by atoms with E-state index >= 15 is 0 Å². The normalized spacial score (nSPS) is 11.6. The van der Waals surface area contributed by atoms with E-state index in [1.165, 1.54) is 4.90 Å². The Kier molecular flexibility index (Phi) is 7.00. The zero-order valence-electron chi connectivity index (χ0n) is 9.90. The number of amides is 2. The van der Waals surface area contributed by atoms with Crippen molar-refractivity contribution in [3.05, 3.63) is 12.7 Å². The van der Waals surface area contributed by atoms with Gasteiger partial charge in [-0.05, 0) is 13.3 Å². The lowest BCUT2D eigenvalue weighted by Crippen LogP contribution is -2.43. The second-order valence-corrected chi connectivity index (χ2v) is 3.59. The maximum atomic E-state index is 11.6. The van der Waals surface area contributed by atoms with Crippen molar-refractivity contribution in [3.63, 3.8) is 0 Å². The Labute approximate surface area is 96.1 Å². The quantitative estimate of drug-likeness (QED) is 0.510. The Morgan fingerprint density at radius 2 is 2.19 bits per heavy atom. The van der Waals surface area contributed by atoms with Gasteiger partial charge in [0.1, 0.15) is 0 Å². The van der Waals surface area contributed by atoms with Gasteiger partial charge in [0.2, 0.25) is 0 Å². The van der Waals surface area contributed by atoms with Crippen molar-refractivity contribution in [1.29, 1.82) is 0 Å². The van der Waals surface area contributed by atoms with Gasteiger partial charge in [-0.3, -0.25) is 4.79 Å². The predicted octanol–water partition coefficient (Wildman–Crippen LogP) is 1.31. The van der Waals surface area contributed by atoms with Gasteiger partial charge in [-0.25, -0.2) is 4.79 Å². The van der Waals surface area contributed by atoms with Crippen molar-refractivity contribution in [3.8, 4) is 0 Å². The molecule has 1 atom stereocenters. The summed E-state index contributed by atoms with van der Waals surface area (Å²) in [4.78, 5) is 23.7. The van der Waals surface area contributed by atoms with Crippen molar-refractivity contribution in [1.82, 2.24) is 10.2 Å². The summed E-state index contributed by atoms with van der Waals surface area (Å²) < 4.78 is 0. The first-order valence-electron chi connectivity index (χ1n) is 5.39. The summed E-state index contributed by atoms with van der Waals surface area (Å²) in [5.41, 5.74) is 0. The van der Waals surface area contributed by atoms with Gasteiger partial charge in [0.05, 0.1) is 5.92 Å². The summed E-state index contributed by atoms with van der Waals surface area (Å²) >= 11 is 0. The third kappa shape index (κ3) is 5.38. The first-order valence-corrected chi connectivity index (χ1v) is 5.39. The maximum Gasteiger partial charge on any atom is 0.317 e. The zero-order chi connectivity index (χ0) is 12.6. The fraction of sp³-hybridized carbons (Fsp3) is 0.636. The largest absolute Gasteiger partial charge is 0.481 e. The number of rotatable bonds is 7. The van der Waals surface area contributed by atoms with Crippen LogP contribution in [0, 0.1) is 5.92 Å². The highest BCUT2D eigenvalue weighted by atomic mass is 16.4. The number of aliphatic carboxylic acids is 1. The fourth-order valence-electron chi connectivity index (χ4n) is 1.16. The molecule has 0 spiro atoms. The van der Waals surface area contributed by atoms with Crippen molar-refractivity contribution in [2.45, 2.75) is 20.3 Å². The number of hydrogen-bond acceptors (Lipinski definition) is 2. The van der Waals surface area contributed by atoms with Crippen molar-refractivity contribution in [2.75, 3.05) is 19.6 Å². The smallest absolute Gasteiger partial charge is 0.317 e. The monoisotopic (exact) mass is 228 g/mol. The number of hydrogen-bond donors (Lipinski definition) is 2. The summed E-state index contributed by atoms with van der Waals surface area (Å²) in [6, 6.07) is -0.225. The molecule has 0 aliphatic heterocycles. The standard InChI is InChI=1S/C11H20N2O3/c1-4-6-7-12-11(16)13(5-2)8-9(3)10(14)15/h4,9H,1,5-8H2,2-3H3,(H,12,16)(H,14,15). The van der Waals surface area contributed by atoms with Crippen LogP contribution in [0.5, 0.6) is 0 Å². The minimum Gasteiger partial charge on any atom is -0.481 e. The highest BCUT2D eigenvalue weighted by Crippen LogP contribution is 2.00. The number of carbonyl (C=O) groups excluding carboxylic acids is 1. The van der Waals surface area contributed by atoms with Crippen LogP contribution in [0.3, 0.4) is 0 Å². The molecule has 0 fully saturated rings. The number of carboxylic acid groups (broad SMARTS) is 1. The lowest BCUT2D eigenvalue weighted by Gasteiger charge is -2.23. The molecule has 0 rings (SSSR count). The summed E-state index contributed by atoms with van der Waals surface area (Å²) in [5.74, 6) is -1.44. The average Bonchev–Trinajstić information content (AvgIpc) is 2.25. The van der Waals surface area contributed by atoms with Gasteiger partial charge in [-0.15, -0.1) is 6.58 Å². The molecule has 5 heteroatoms. The van der Waals surface area contributed by atoms with Crippen LogP contribution in [0.2, 0.25) is 0 Å². The number of urea groups is 1. The Balaban J connectivity index is 4.10. The third-order valence-corrected chi connectivity index (χ3v) is 2.21. The van der Waals surface area contributed by atoms with Gasteiger partial charge in [-0.2, -0.15) is 0 Å². The molecule has 0 aliphatic carbocycles. The summed E-state index contributed by atoms with van der Waals surface area (Å²) in [6.07, 6.45) is 2.42. The van der Waals surface area contributed by atoms with Crippen LogP contribution >= 0.6 is 0 Å². The van der Waals surface area contributed by atoms with Crippen LogP contribution in [0.15, 0.2) is 12.7 Å². The molecular weight excluding hydrogens is 208 g/mol. The summed E-state index contributed by atoms with van der Waals surface area (Å²) in [5, 5.41) is 11.5. The van der Waals surface area contributed by atoms with Gasteiger partial charge >= 0.3 is 12.0 Å². The molecule has 0 aromatic rings. The molecule has 0 aromatic heterocycles. The van der Waals surface area contributed by atoms with Crippen LogP contribution in [0.25, 0.3) is 0 Å². The van der Waals surface area contributed by atoms with E-state index in [1.807, 2.05) is 6.92 Å². The highest BCUT2D eigenvalue weighted by Gasteiger charge is 2.18. The van der Waals surface area contributed by atoms with E-state index in [0.29, 0.717) is 19.5 Å². The minimum absolute atomic E-state index is 0.225. The lowest BCUT2D eigenvalue weighted by atomic mass is 10.2. The SMILES string of the molecule is C=CCCNC(=O)N(CC)CC(C)C(=O)O. The maximum absolute atomic E-state index is 11.6.